The van der Waals surface area contributed by atoms with Crippen LogP contribution >= 0.6 is 11.3 Å². The van der Waals surface area contributed by atoms with Crippen molar-refractivity contribution < 1.29 is 27.8 Å². The Morgan fingerprint density at radius 3 is 2.55 bits per heavy atom. The number of carbonyl (C=O) groups is 1. The Balaban J connectivity index is 1.52. The Labute approximate surface area is 191 Å². The molecule has 0 unspecified atom stereocenters. The van der Waals surface area contributed by atoms with Crippen molar-refractivity contribution in [2.75, 3.05) is 36.9 Å². The number of aromatic nitrogens is 2. The van der Waals surface area contributed by atoms with E-state index in [1.54, 1.807) is 12.1 Å². The fourth-order valence-corrected chi connectivity index (χ4v) is 4.04. The average Bonchev–Trinajstić information content (AvgIpc) is 3.24. The molecular formula is C21H20F3N5O3S. The molecule has 3 N–H and O–H groups in total. The summed E-state index contributed by atoms with van der Waals surface area (Å²) in [5.74, 6) is -1.84. The van der Waals surface area contributed by atoms with E-state index in [0.29, 0.717) is 25.1 Å². The van der Waals surface area contributed by atoms with Crippen LogP contribution in [0.2, 0.25) is 0 Å². The van der Waals surface area contributed by atoms with Crippen LogP contribution in [0, 0.1) is 0 Å². The molecule has 174 valence electrons. The van der Waals surface area contributed by atoms with E-state index in [4.69, 9.17) is 4.74 Å². The van der Waals surface area contributed by atoms with E-state index in [0.717, 1.165) is 36.5 Å². The first-order valence-corrected chi connectivity index (χ1v) is 10.9. The number of carboxylic acid groups (broad SMARTS) is 1. The first kappa shape index (κ1) is 23.0. The minimum Gasteiger partial charge on any atom is -0.478 e. The molecule has 1 fully saturated rings. The molecule has 4 rings (SSSR count). The minimum absolute atomic E-state index is 0.0464. The van der Waals surface area contributed by atoms with Crippen LogP contribution in [0.25, 0.3) is 0 Å². The van der Waals surface area contributed by atoms with Gasteiger partial charge in [-0.3, -0.25) is 4.90 Å². The summed E-state index contributed by atoms with van der Waals surface area (Å²) in [5, 5.41) is 16.1. The van der Waals surface area contributed by atoms with Gasteiger partial charge < -0.3 is 20.5 Å². The summed E-state index contributed by atoms with van der Waals surface area (Å²) < 4.78 is 45.7. The van der Waals surface area contributed by atoms with Gasteiger partial charge in [0.05, 0.1) is 18.8 Å². The van der Waals surface area contributed by atoms with E-state index in [1.165, 1.54) is 11.4 Å². The zero-order chi connectivity index (χ0) is 23.4. The number of hydrogen-bond acceptors (Lipinski definition) is 8. The molecule has 1 aliphatic heterocycles. The van der Waals surface area contributed by atoms with Crippen LogP contribution in [0.1, 0.15) is 21.5 Å². The summed E-state index contributed by atoms with van der Waals surface area (Å²) in [6.45, 7) is 3.93. The number of nitrogens with one attached hydrogen (secondary N) is 2. The zero-order valence-corrected chi connectivity index (χ0v) is 18.0. The largest absolute Gasteiger partial charge is 0.478 e. The Morgan fingerprint density at radius 1 is 1.15 bits per heavy atom. The summed E-state index contributed by atoms with van der Waals surface area (Å²) in [6.07, 6.45) is -4.05. The van der Waals surface area contributed by atoms with E-state index in [-0.39, 0.29) is 16.5 Å². The highest BCUT2D eigenvalue weighted by Crippen LogP contribution is 2.37. The van der Waals surface area contributed by atoms with Gasteiger partial charge in [-0.15, -0.1) is 11.3 Å². The molecule has 0 spiro atoms. The number of carboxylic acids is 1. The standard InChI is InChI=1S/C21H20F3N5O3S/c22-21(23,24)16-11-25-20(28-17(16)27-18-15(19(30)31)5-10-33-18)26-14-3-1-13(2-4-14)12-29-6-8-32-9-7-29/h1-5,10-11H,6-9,12H2,(H,30,31)(H2,25,26,27,28). The third-order valence-corrected chi connectivity index (χ3v) is 5.77. The van der Waals surface area contributed by atoms with E-state index in [2.05, 4.69) is 25.5 Å². The summed E-state index contributed by atoms with van der Waals surface area (Å²) in [7, 11) is 0. The van der Waals surface area contributed by atoms with Crippen molar-refractivity contribution in [3.8, 4) is 0 Å². The molecule has 0 aliphatic carbocycles. The van der Waals surface area contributed by atoms with Crippen LogP contribution in [-0.4, -0.2) is 52.2 Å². The number of anilines is 4. The number of thiophene rings is 1. The number of alkyl halides is 3. The van der Waals surface area contributed by atoms with Gasteiger partial charge in [-0.1, -0.05) is 12.1 Å². The van der Waals surface area contributed by atoms with Crippen LogP contribution in [-0.2, 0) is 17.5 Å². The fraction of sp³-hybridized carbons (Fsp3) is 0.286. The van der Waals surface area contributed by atoms with Crippen molar-refractivity contribution >= 4 is 39.8 Å². The second kappa shape index (κ2) is 9.73. The molecular weight excluding hydrogens is 459 g/mol. The molecule has 0 saturated carbocycles. The lowest BCUT2D eigenvalue weighted by molar-refractivity contribution is -0.137. The third-order valence-electron chi connectivity index (χ3n) is 4.94. The second-order valence-corrected chi connectivity index (χ2v) is 8.17. The molecule has 2 aromatic heterocycles. The molecule has 3 aromatic rings. The highest BCUT2D eigenvalue weighted by molar-refractivity contribution is 7.14. The first-order chi connectivity index (χ1) is 15.8. The van der Waals surface area contributed by atoms with Crippen molar-refractivity contribution in [2.45, 2.75) is 12.7 Å². The number of halogens is 3. The van der Waals surface area contributed by atoms with Crippen molar-refractivity contribution in [1.82, 2.24) is 14.9 Å². The van der Waals surface area contributed by atoms with Crippen LogP contribution in [0.15, 0.2) is 41.9 Å². The quantitative estimate of drug-likeness (QED) is 0.453. The smallest absolute Gasteiger partial charge is 0.421 e. The molecule has 3 heterocycles. The summed E-state index contributed by atoms with van der Waals surface area (Å²) in [4.78, 5) is 21.3. The number of morpholine rings is 1. The van der Waals surface area contributed by atoms with Gasteiger partial charge in [0.2, 0.25) is 5.95 Å². The van der Waals surface area contributed by atoms with Gasteiger partial charge in [0.25, 0.3) is 0 Å². The maximum Gasteiger partial charge on any atom is 0.421 e. The Morgan fingerprint density at radius 2 is 1.88 bits per heavy atom. The highest BCUT2D eigenvalue weighted by atomic mass is 32.1. The van der Waals surface area contributed by atoms with Crippen LogP contribution < -0.4 is 10.6 Å². The Hall–Kier alpha value is -3.22. The topological polar surface area (TPSA) is 99.6 Å². The molecule has 1 aliphatic rings. The molecule has 33 heavy (non-hydrogen) atoms. The predicted octanol–water partition coefficient (Wildman–Crippen LogP) is 4.57. The monoisotopic (exact) mass is 479 g/mol. The SMILES string of the molecule is O=C(O)c1ccsc1Nc1nc(Nc2ccc(CN3CCOCC3)cc2)ncc1C(F)(F)F. The maximum atomic E-state index is 13.5. The summed E-state index contributed by atoms with van der Waals surface area (Å²) >= 11 is 0.966. The zero-order valence-electron chi connectivity index (χ0n) is 17.2. The maximum absolute atomic E-state index is 13.5. The molecule has 0 radical (unpaired) electrons. The van der Waals surface area contributed by atoms with Crippen molar-refractivity contribution in [3.05, 3.63) is 58.6 Å². The Bertz CT molecular complexity index is 1120. The van der Waals surface area contributed by atoms with Crippen molar-refractivity contribution in [3.63, 3.8) is 0 Å². The molecule has 0 amide bonds. The van der Waals surface area contributed by atoms with Crippen LogP contribution in [0.3, 0.4) is 0 Å². The first-order valence-electron chi connectivity index (χ1n) is 9.98. The normalized spacial score (nSPS) is 14.8. The lowest BCUT2D eigenvalue weighted by Gasteiger charge is -2.26. The minimum atomic E-state index is -4.72. The van der Waals surface area contributed by atoms with E-state index >= 15 is 0 Å². The lowest BCUT2D eigenvalue weighted by atomic mass is 10.2. The highest BCUT2D eigenvalue weighted by Gasteiger charge is 2.35. The van der Waals surface area contributed by atoms with E-state index < -0.39 is 23.5 Å². The molecule has 1 saturated heterocycles. The fourth-order valence-electron chi connectivity index (χ4n) is 3.27. The van der Waals surface area contributed by atoms with Crippen molar-refractivity contribution in [2.24, 2.45) is 0 Å². The van der Waals surface area contributed by atoms with Crippen LogP contribution in [0.4, 0.5) is 35.6 Å². The van der Waals surface area contributed by atoms with E-state index in [1.807, 2.05) is 12.1 Å². The number of rotatable bonds is 7. The number of hydrogen-bond donors (Lipinski definition) is 3. The number of benzene rings is 1. The lowest BCUT2D eigenvalue weighted by Crippen LogP contribution is -2.35. The van der Waals surface area contributed by atoms with Gasteiger partial charge in [-0.2, -0.15) is 18.2 Å². The number of aromatic carboxylic acids is 1. The average molecular weight is 479 g/mol. The molecule has 1 aromatic carbocycles. The van der Waals surface area contributed by atoms with Gasteiger partial charge in [0.15, 0.2) is 0 Å². The van der Waals surface area contributed by atoms with E-state index in [9.17, 15) is 23.1 Å². The molecule has 0 atom stereocenters. The molecule has 12 heteroatoms. The number of ether oxygens (including phenoxy) is 1. The molecule has 8 nitrogen and oxygen atoms in total. The predicted molar refractivity (Wildman–Crippen MR) is 117 cm³/mol. The number of nitrogens with zero attached hydrogens (tertiary/aromatic N) is 3. The van der Waals surface area contributed by atoms with Crippen molar-refractivity contribution in [1.29, 1.82) is 0 Å². The summed E-state index contributed by atoms with van der Waals surface area (Å²) in [6, 6.07) is 8.75. The molecule has 0 bridgehead atoms. The van der Waals surface area contributed by atoms with Gasteiger partial charge in [-0.25, -0.2) is 9.78 Å². The Kier molecular flexibility index (Phi) is 6.77. The van der Waals surface area contributed by atoms with Gasteiger partial charge in [-0.05, 0) is 29.1 Å². The van der Waals surface area contributed by atoms with Gasteiger partial charge in [0.1, 0.15) is 16.4 Å². The van der Waals surface area contributed by atoms with Gasteiger partial charge in [0, 0.05) is 31.5 Å². The van der Waals surface area contributed by atoms with Gasteiger partial charge >= 0.3 is 12.1 Å². The summed E-state index contributed by atoms with van der Waals surface area (Å²) in [5.41, 5.74) is 0.460. The van der Waals surface area contributed by atoms with Crippen LogP contribution in [0.5, 0.6) is 0 Å². The second-order valence-electron chi connectivity index (χ2n) is 7.26. The third kappa shape index (κ3) is 5.78.